The number of nitrogens with zero attached hydrogens (tertiary/aromatic N) is 1. The van der Waals surface area contributed by atoms with Gasteiger partial charge in [-0.2, -0.15) is 0 Å². The van der Waals surface area contributed by atoms with Gasteiger partial charge in [-0.05, 0) is 44.0 Å². The summed E-state index contributed by atoms with van der Waals surface area (Å²) in [6, 6.07) is 13.3. The molecule has 0 fully saturated rings. The Labute approximate surface area is 137 Å². The van der Waals surface area contributed by atoms with Crippen LogP contribution in [-0.4, -0.2) is 18.9 Å². The molecular weight excluding hydrogens is 288 g/mol. The van der Waals surface area contributed by atoms with Gasteiger partial charge in [-0.1, -0.05) is 35.9 Å². The molecule has 0 bridgehead atoms. The summed E-state index contributed by atoms with van der Waals surface area (Å²) in [7, 11) is 1.67. The lowest BCUT2D eigenvalue weighted by molar-refractivity contribution is -0.125. The number of aryl methyl sites for hydroxylation is 3. The van der Waals surface area contributed by atoms with Crippen LogP contribution < -0.4 is 10.2 Å². The highest BCUT2D eigenvalue weighted by Gasteiger charge is 2.16. The quantitative estimate of drug-likeness (QED) is 0.877. The van der Waals surface area contributed by atoms with Crippen molar-refractivity contribution in [3.63, 3.8) is 0 Å². The molecule has 0 aliphatic heterocycles. The van der Waals surface area contributed by atoms with Crippen LogP contribution in [0.2, 0.25) is 0 Å². The molecule has 0 saturated carbocycles. The van der Waals surface area contributed by atoms with E-state index in [0.717, 1.165) is 28.1 Å². The van der Waals surface area contributed by atoms with Gasteiger partial charge in [0.1, 0.15) is 6.42 Å². The van der Waals surface area contributed by atoms with E-state index in [1.807, 2.05) is 63.2 Å². The van der Waals surface area contributed by atoms with E-state index in [1.165, 1.54) is 4.90 Å². The molecule has 0 spiro atoms. The Morgan fingerprint density at radius 1 is 1.00 bits per heavy atom. The second-order valence-corrected chi connectivity index (χ2v) is 5.79. The lowest BCUT2D eigenvalue weighted by atomic mass is 10.0. The molecule has 0 heterocycles. The van der Waals surface area contributed by atoms with E-state index in [-0.39, 0.29) is 18.2 Å². The second kappa shape index (κ2) is 7.09. The normalized spacial score (nSPS) is 10.3. The van der Waals surface area contributed by atoms with E-state index in [2.05, 4.69) is 5.32 Å². The highest BCUT2D eigenvalue weighted by Crippen LogP contribution is 2.22. The SMILES string of the molecule is Cc1cc(C)c(NC(=O)CC(=O)N(C)c2ccccc2)c(C)c1. The zero-order valence-electron chi connectivity index (χ0n) is 14.0. The van der Waals surface area contributed by atoms with Crippen molar-refractivity contribution in [3.05, 3.63) is 59.2 Å². The zero-order chi connectivity index (χ0) is 17.0. The molecule has 0 aliphatic rings. The Bertz CT molecular complexity index is 700. The minimum Gasteiger partial charge on any atom is -0.325 e. The van der Waals surface area contributed by atoms with Gasteiger partial charge in [-0.3, -0.25) is 9.59 Å². The highest BCUT2D eigenvalue weighted by atomic mass is 16.2. The molecule has 0 aromatic heterocycles. The fourth-order valence-corrected chi connectivity index (χ4v) is 2.61. The maximum absolute atomic E-state index is 12.2. The molecule has 0 saturated heterocycles. The number of hydrogen-bond donors (Lipinski definition) is 1. The third-order valence-corrected chi connectivity index (χ3v) is 3.77. The average Bonchev–Trinajstić information content (AvgIpc) is 2.51. The van der Waals surface area contributed by atoms with Gasteiger partial charge in [0.15, 0.2) is 0 Å². The molecule has 0 radical (unpaired) electrons. The summed E-state index contributed by atoms with van der Waals surface area (Å²) in [5, 5.41) is 2.86. The van der Waals surface area contributed by atoms with Crippen LogP contribution in [0.3, 0.4) is 0 Å². The Kier molecular flexibility index (Phi) is 5.16. The number of amides is 2. The fourth-order valence-electron chi connectivity index (χ4n) is 2.61. The molecule has 4 heteroatoms. The summed E-state index contributed by atoms with van der Waals surface area (Å²) in [6.07, 6.45) is -0.182. The predicted molar refractivity (Wildman–Crippen MR) is 93.8 cm³/mol. The van der Waals surface area contributed by atoms with Gasteiger partial charge in [0.05, 0.1) is 0 Å². The second-order valence-electron chi connectivity index (χ2n) is 5.79. The van der Waals surface area contributed by atoms with Crippen molar-refractivity contribution in [2.75, 3.05) is 17.3 Å². The minimum absolute atomic E-state index is 0.182. The number of hydrogen-bond acceptors (Lipinski definition) is 2. The highest BCUT2D eigenvalue weighted by molar-refractivity contribution is 6.09. The zero-order valence-corrected chi connectivity index (χ0v) is 14.0. The van der Waals surface area contributed by atoms with E-state index in [0.29, 0.717) is 0 Å². The first-order chi connectivity index (χ1) is 10.9. The first-order valence-corrected chi connectivity index (χ1v) is 7.58. The predicted octanol–water partition coefficient (Wildman–Crippen LogP) is 3.60. The Balaban J connectivity index is 2.04. The molecule has 1 N–H and O–H groups in total. The number of rotatable bonds is 4. The smallest absolute Gasteiger partial charge is 0.236 e. The monoisotopic (exact) mass is 310 g/mol. The molecule has 4 nitrogen and oxygen atoms in total. The first kappa shape index (κ1) is 16.7. The van der Waals surface area contributed by atoms with Crippen molar-refractivity contribution in [1.82, 2.24) is 0 Å². The van der Waals surface area contributed by atoms with Crippen molar-refractivity contribution < 1.29 is 9.59 Å². The lowest BCUT2D eigenvalue weighted by Gasteiger charge is -2.18. The average molecular weight is 310 g/mol. The lowest BCUT2D eigenvalue weighted by Crippen LogP contribution is -2.30. The van der Waals surface area contributed by atoms with Crippen LogP contribution in [0, 0.1) is 20.8 Å². The van der Waals surface area contributed by atoms with Gasteiger partial charge >= 0.3 is 0 Å². The Morgan fingerprint density at radius 2 is 1.57 bits per heavy atom. The Morgan fingerprint density at radius 3 is 2.13 bits per heavy atom. The molecule has 2 rings (SSSR count). The van der Waals surface area contributed by atoms with Gasteiger partial charge in [-0.15, -0.1) is 0 Å². The molecule has 0 unspecified atom stereocenters. The topological polar surface area (TPSA) is 49.4 Å². The molecular formula is C19H22N2O2. The molecule has 23 heavy (non-hydrogen) atoms. The van der Waals surface area contributed by atoms with Crippen LogP contribution in [0.4, 0.5) is 11.4 Å². The third-order valence-electron chi connectivity index (χ3n) is 3.77. The van der Waals surface area contributed by atoms with Crippen LogP contribution in [-0.2, 0) is 9.59 Å². The van der Waals surface area contributed by atoms with Crippen LogP contribution in [0.1, 0.15) is 23.1 Å². The van der Waals surface area contributed by atoms with Crippen molar-refractivity contribution in [2.45, 2.75) is 27.2 Å². The van der Waals surface area contributed by atoms with Crippen molar-refractivity contribution in [2.24, 2.45) is 0 Å². The van der Waals surface area contributed by atoms with E-state index in [1.54, 1.807) is 7.05 Å². The van der Waals surface area contributed by atoms with E-state index in [4.69, 9.17) is 0 Å². The first-order valence-electron chi connectivity index (χ1n) is 7.58. The summed E-state index contributed by atoms with van der Waals surface area (Å²) in [5.74, 6) is -0.538. The maximum Gasteiger partial charge on any atom is 0.236 e. The van der Waals surface area contributed by atoms with Gasteiger partial charge in [0, 0.05) is 18.4 Å². The number of benzene rings is 2. The molecule has 120 valence electrons. The van der Waals surface area contributed by atoms with E-state index < -0.39 is 0 Å². The number of carbonyl (C=O) groups is 2. The van der Waals surface area contributed by atoms with Crippen molar-refractivity contribution in [1.29, 1.82) is 0 Å². The van der Waals surface area contributed by atoms with Crippen LogP contribution in [0.25, 0.3) is 0 Å². The maximum atomic E-state index is 12.2. The van der Waals surface area contributed by atoms with Gasteiger partial charge in [-0.25, -0.2) is 0 Å². The number of nitrogens with one attached hydrogen (secondary N) is 1. The van der Waals surface area contributed by atoms with Gasteiger partial charge < -0.3 is 10.2 Å². The van der Waals surface area contributed by atoms with Gasteiger partial charge in [0.25, 0.3) is 0 Å². The summed E-state index contributed by atoms with van der Waals surface area (Å²) in [5.41, 5.74) is 4.71. The summed E-state index contributed by atoms with van der Waals surface area (Å²) in [4.78, 5) is 25.9. The number of anilines is 2. The minimum atomic E-state index is -0.298. The van der Waals surface area contributed by atoms with Crippen LogP contribution in [0.15, 0.2) is 42.5 Å². The summed E-state index contributed by atoms with van der Waals surface area (Å²) in [6.45, 7) is 5.92. The van der Waals surface area contributed by atoms with Crippen molar-refractivity contribution in [3.8, 4) is 0 Å². The summed E-state index contributed by atoms with van der Waals surface area (Å²) >= 11 is 0. The van der Waals surface area contributed by atoms with E-state index >= 15 is 0 Å². The number of carbonyl (C=O) groups excluding carboxylic acids is 2. The van der Waals surface area contributed by atoms with Crippen molar-refractivity contribution >= 4 is 23.2 Å². The van der Waals surface area contributed by atoms with E-state index in [9.17, 15) is 9.59 Å². The number of para-hydroxylation sites is 1. The molecule has 2 aromatic carbocycles. The fraction of sp³-hybridized carbons (Fsp3) is 0.263. The van der Waals surface area contributed by atoms with Crippen LogP contribution in [0.5, 0.6) is 0 Å². The molecule has 2 aromatic rings. The summed E-state index contributed by atoms with van der Waals surface area (Å²) < 4.78 is 0. The Hall–Kier alpha value is -2.62. The molecule has 0 aliphatic carbocycles. The largest absolute Gasteiger partial charge is 0.325 e. The third kappa shape index (κ3) is 4.19. The van der Waals surface area contributed by atoms with Crippen LogP contribution >= 0.6 is 0 Å². The molecule has 0 atom stereocenters. The standard InChI is InChI=1S/C19H22N2O2/c1-13-10-14(2)19(15(3)11-13)20-17(22)12-18(23)21(4)16-8-6-5-7-9-16/h5-11H,12H2,1-4H3,(H,20,22). The molecule has 2 amide bonds. The van der Waals surface area contributed by atoms with Gasteiger partial charge in [0.2, 0.25) is 11.8 Å².